The number of hydrogen-bond donors (Lipinski definition) is 1. The molecule has 162 valence electrons. The number of hydrogen-bond acceptors (Lipinski definition) is 6. The van der Waals surface area contributed by atoms with Crippen LogP contribution < -0.4 is 10.1 Å². The summed E-state index contributed by atoms with van der Waals surface area (Å²) < 4.78 is 42.8. The minimum Gasteiger partial charge on any atom is -0.488 e. The fraction of sp³-hybridized carbons (Fsp3) is 0.190. The van der Waals surface area contributed by atoms with Crippen molar-refractivity contribution in [2.45, 2.75) is 20.5 Å². The molecule has 3 aromatic rings. The standard InChI is InChI=1S/C21H17BrF2N2O5/c1-11-15(12(2)31-26-11)9-29-18-6-4-3-5-14(18)21(28)30-10-19(27)25-20-16(22)7-13(23)8-17(20)24/h3-8H,9-10H2,1-2H3,(H,25,27). The summed E-state index contributed by atoms with van der Waals surface area (Å²) in [5, 5.41) is 6.07. The predicted molar refractivity (Wildman–Crippen MR) is 110 cm³/mol. The molecule has 1 aromatic heterocycles. The highest BCUT2D eigenvalue weighted by Gasteiger charge is 2.18. The van der Waals surface area contributed by atoms with Crippen molar-refractivity contribution in [1.82, 2.24) is 5.16 Å². The van der Waals surface area contributed by atoms with E-state index < -0.39 is 30.1 Å². The normalized spacial score (nSPS) is 10.6. The summed E-state index contributed by atoms with van der Waals surface area (Å²) in [5.74, 6) is -2.52. The maximum absolute atomic E-state index is 13.8. The van der Waals surface area contributed by atoms with Gasteiger partial charge in [-0.05, 0) is 48.0 Å². The first-order chi connectivity index (χ1) is 14.8. The lowest BCUT2D eigenvalue weighted by Crippen LogP contribution is -2.22. The van der Waals surface area contributed by atoms with Gasteiger partial charge in [-0.15, -0.1) is 0 Å². The Labute approximate surface area is 184 Å². The van der Waals surface area contributed by atoms with Crippen LogP contribution in [-0.4, -0.2) is 23.6 Å². The number of esters is 1. The molecule has 1 N–H and O–H groups in total. The summed E-state index contributed by atoms with van der Waals surface area (Å²) in [5.41, 5.74) is 1.28. The Kier molecular flexibility index (Phi) is 7.01. The molecule has 0 aliphatic rings. The molecule has 31 heavy (non-hydrogen) atoms. The highest BCUT2D eigenvalue weighted by molar-refractivity contribution is 9.10. The van der Waals surface area contributed by atoms with Gasteiger partial charge in [-0.2, -0.15) is 0 Å². The van der Waals surface area contributed by atoms with Gasteiger partial charge in [-0.3, -0.25) is 4.79 Å². The van der Waals surface area contributed by atoms with Gasteiger partial charge in [0.25, 0.3) is 5.91 Å². The number of ether oxygens (including phenoxy) is 2. The maximum atomic E-state index is 13.8. The summed E-state index contributed by atoms with van der Waals surface area (Å²) in [6.07, 6.45) is 0. The van der Waals surface area contributed by atoms with Gasteiger partial charge in [0, 0.05) is 10.5 Å². The van der Waals surface area contributed by atoms with Crippen molar-refractivity contribution in [1.29, 1.82) is 0 Å². The van der Waals surface area contributed by atoms with E-state index in [9.17, 15) is 18.4 Å². The summed E-state index contributed by atoms with van der Waals surface area (Å²) in [6, 6.07) is 7.99. The van der Waals surface area contributed by atoms with Gasteiger partial charge < -0.3 is 19.3 Å². The van der Waals surface area contributed by atoms with E-state index in [4.69, 9.17) is 14.0 Å². The molecule has 3 rings (SSSR count). The molecular formula is C21H17BrF2N2O5. The van der Waals surface area contributed by atoms with Crippen LogP contribution in [0.3, 0.4) is 0 Å². The SMILES string of the molecule is Cc1noc(C)c1COc1ccccc1C(=O)OCC(=O)Nc1c(F)cc(F)cc1Br. The first kappa shape index (κ1) is 22.4. The van der Waals surface area contributed by atoms with Crippen LogP contribution in [0, 0.1) is 25.5 Å². The molecule has 2 aromatic carbocycles. The topological polar surface area (TPSA) is 90.7 Å². The van der Waals surface area contributed by atoms with Crippen LogP contribution in [-0.2, 0) is 16.1 Å². The van der Waals surface area contributed by atoms with E-state index in [-0.39, 0.29) is 28.1 Å². The molecule has 1 heterocycles. The van der Waals surface area contributed by atoms with Crippen molar-refractivity contribution >= 4 is 33.5 Å². The first-order valence-corrected chi connectivity index (χ1v) is 9.80. The Morgan fingerprint density at radius 2 is 1.94 bits per heavy atom. The second-order valence-electron chi connectivity index (χ2n) is 6.46. The number of nitrogens with zero attached hydrogens (tertiary/aromatic N) is 1. The maximum Gasteiger partial charge on any atom is 0.342 e. The number of halogens is 3. The molecule has 0 saturated carbocycles. The quantitative estimate of drug-likeness (QED) is 0.478. The van der Waals surface area contributed by atoms with E-state index in [1.807, 2.05) is 0 Å². The average Bonchev–Trinajstić information content (AvgIpc) is 3.05. The van der Waals surface area contributed by atoms with Crippen molar-refractivity contribution in [2.24, 2.45) is 0 Å². The Morgan fingerprint density at radius 3 is 2.61 bits per heavy atom. The lowest BCUT2D eigenvalue weighted by Gasteiger charge is -2.12. The molecule has 0 fully saturated rings. The molecule has 0 unspecified atom stereocenters. The molecule has 0 radical (unpaired) electrons. The Hall–Kier alpha value is -3.27. The molecule has 0 spiro atoms. The number of para-hydroxylation sites is 1. The lowest BCUT2D eigenvalue weighted by molar-refractivity contribution is -0.119. The zero-order chi connectivity index (χ0) is 22.5. The zero-order valence-corrected chi connectivity index (χ0v) is 18.1. The summed E-state index contributed by atoms with van der Waals surface area (Å²) in [7, 11) is 0. The minimum absolute atomic E-state index is 0.0164. The molecule has 0 aliphatic heterocycles. The summed E-state index contributed by atoms with van der Waals surface area (Å²) >= 11 is 2.97. The van der Waals surface area contributed by atoms with Crippen LogP contribution in [0.5, 0.6) is 5.75 Å². The van der Waals surface area contributed by atoms with E-state index in [1.165, 1.54) is 6.07 Å². The predicted octanol–water partition coefficient (Wildman–Crippen LogP) is 4.71. The van der Waals surface area contributed by atoms with Gasteiger partial charge in [0.05, 0.1) is 16.9 Å². The van der Waals surface area contributed by atoms with Gasteiger partial charge in [0.1, 0.15) is 29.5 Å². The molecular weight excluding hydrogens is 478 g/mol. The number of nitrogens with one attached hydrogen (secondary N) is 1. The highest BCUT2D eigenvalue weighted by Crippen LogP contribution is 2.27. The van der Waals surface area contributed by atoms with Crippen molar-refractivity contribution in [2.75, 3.05) is 11.9 Å². The Balaban J connectivity index is 1.63. The van der Waals surface area contributed by atoms with Crippen LogP contribution in [0.4, 0.5) is 14.5 Å². The highest BCUT2D eigenvalue weighted by atomic mass is 79.9. The average molecular weight is 495 g/mol. The van der Waals surface area contributed by atoms with E-state index in [0.29, 0.717) is 17.5 Å². The van der Waals surface area contributed by atoms with Crippen molar-refractivity contribution in [3.8, 4) is 5.75 Å². The smallest absolute Gasteiger partial charge is 0.342 e. The van der Waals surface area contributed by atoms with Crippen LogP contribution in [0.15, 0.2) is 45.4 Å². The number of rotatable bonds is 7. The van der Waals surface area contributed by atoms with Gasteiger partial charge in [-0.25, -0.2) is 13.6 Å². The largest absolute Gasteiger partial charge is 0.488 e. The van der Waals surface area contributed by atoms with Crippen LogP contribution in [0.2, 0.25) is 0 Å². The van der Waals surface area contributed by atoms with Gasteiger partial charge >= 0.3 is 5.97 Å². The second kappa shape index (κ2) is 9.69. The van der Waals surface area contributed by atoms with E-state index in [1.54, 1.807) is 32.0 Å². The van der Waals surface area contributed by atoms with E-state index in [2.05, 4.69) is 26.4 Å². The Morgan fingerprint density at radius 1 is 1.19 bits per heavy atom. The zero-order valence-electron chi connectivity index (χ0n) is 16.5. The molecule has 0 aliphatic carbocycles. The first-order valence-electron chi connectivity index (χ1n) is 9.01. The molecule has 7 nitrogen and oxygen atoms in total. The summed E-state index contributed by atoms with van der Waals surface area (Å²) in [6.45, 7) is 2.97. The van der Waals surface area contributed by atoms with Crippen LogP contribution in [0.25, 0.3) is 0 Å². The van der Waals surface area contributed by atoms with Gasteiger partial charge in [0.15, 0.2) is 12.4 Å². The second-order valence-corrected chi connectivity index (χ2v) is 7.31. The fourth-order valence-corrected chi connectivity index (χ4v) is 3.17. The van der Waals surface area contributed by atoms with E-state index >= 15 is 0 Å². The minimum atomic E-state index is -0.968. The molecule has 10 heteroatoms. The molecule has 1 amide bonds. The molecule has 0 bridgehead atoms. The van der Waals surface area contributed by atoms with Crippen LogP contribution in [0.1, 0.15) is 27.4 Å². The monoisotopic (exact) mass is 494 g/mol. The van der Waals surface area contributed by atoms with Gasteiger partial charge in [-0.1, -0.05) is 17.3 Å². The Bertz CT molecular complexity index is 1090. The number of aromatic nitrogens is 1. The molecule has 0 atom stereocenters. The van der Waals surface area contributed by atoms with Crippen molar-refractivity contribution < 1.29 is 32.4 Å². The third-order valence-electron chi connectivity index (χ3n) is 4.27. The fourth-order valence-electron chi connectivity index (χ4n) is 2.66. The van der Waals surface area contributed by atoms with Crippen molar-refractivity contribution in [3.05, 3.63) is 75.1 Å². The number of amides is 1. The third-order valence-corrected chi connectivity index (χ3v) is 4.89. The third kappa shape index (κ3) is 5.46. The lowest BCUT2D eigenvalue weighted by atomic mass is 10.2. The number of carbonyl (C=O) groups is 2. The molecule has 0 saturated heterocycles. The number of aryl methyl sites for hydroxylation is 2. The summed E-state index contributed by atoms with van der Waals surface area (Å²) in [4.78, 5) is 24.5. The van der Waals surface area contributed by atoms with Crippen molar-refractivity contribution in [3.63, 3.8) is 0 Å². The number of carbonyl (C=O) groups excluding carboxylic acids is 2. The number of anilines is 1. The van der Waals surface area contributed by atoms with Crippen LogP contribution >= 0.6 is 15.9 Å². The number of benzene rings is 2. The van der Waals surface area contributed by atoms with E-state index in [0.717, 1.165) is 11.6 Å². The van der Waals surface area contributed by atoms with Gasteiger partial charge in [0.2, 0.25) is 0 Å².